The number of halogens is 1. The molecule has 0 aromatic heterocycles. The van der Waals surface area contributed by atoms with Crippen molar-refractivity contribution >= 4 is 18.3 Å². The Bertz CT molecular complexity index is 233. The first-order chi connectivity index (χ1) is 7.56. The lowest BCUT2D eigenvalue weighted by atomic mass is 9.77. The second-order valence-electron chi connectivity index (χ2n) is 5.44. The Morgan fingerprint density at radius 2 is 1.88 bits per heavy atom. The summed E-state index contributed by atoms with van der Waals surface area (Å²) in [6.07, 6.45) is 4.93. The Kier molecular flexibility index (Phi) is 7.80. The largest absolute Gasteiger partial charge is 0.353 e. The van der Waals surface area contributed by atoms with Gasteiger partial charge >= 0.3 is 0 Å². The molecule has 0 heterocycles. The van der Waals surface area contributed by atoms with Crippen LogP contribution in [0.4, 0.5) is 0 Å². The average Bonchev–Trinajstić information content (AvgIpc) is 2.28. The van der Waals surface area contributed by atoms with Crippen molar-refractivity contribution < 1.29 is 4.79 Å². The molecule has 1 saturated carbocycles. The second-order valence-corrected chi connectivity index (χ2v) is 5.44. The molecule has 0 bridgehead atoms. The molecular weight excluding hydrogens is 236 g/mol. The van der Waals surface area contributed by atoms with Crippen molar-refractivity contribution in [1.29, 1.82) is 0 Å². The number of nitrogens with two attached hydrogens (primary N) is 1. The molecule has 0 aromatic rings. The van der Waals surface area contributed by atoms with E-state index in [2.05, 4.69) is 19.2 Å². The molecule has 17 heavy (non-hydrogen) atoms. The molecule has 3 nitrogen and oxygen atoms in total. The van der Waals surface area contributed by atoms with E-state index in [4.69, 9.17) is 5.73 Å². The predicted molar refractivity (Wildman–Crippen MR) is 74.2 cm³/mol. The summed E-state index contributed by atoms with van der Waals surface area (Å²) in [5.74, 6) is 1.36. The predicted octanol–water partition coefficient (Wildman–Crippen LogP) is 2.33. The van der Waals surface area contributed by atoms with E-state index in [1.54, 1.807) is 0 Å². The van der Waals surface area contributed by atoms with Crippen molar-refractivity contribution in [3.63, 3.8) is 0 Å². The summed E-state index contributed by atoms with van der Waals surface area (Å²) >= 11 is 0. The molecule has 0 radical (unpaired) electrons. The normalized spacial score (nSPS) is 26.2. The minimum absolute atomic E-state index is 0. The summed E-state index contributed by atoms with van der Waals surface area (Å²) in [7, 11) is 0. The van der Waals surface area contributed by atoms with Crippen molar-refractivity contribution in [2.24, 2.45) is 23.5 Å². The van der Waals surface area contributed by atoms with Gasteiger partial charge in [-0.1, -0.05) is 33.6 Å². The van der Waals surface area contributed by atoms with Gasteiger partial charge < -0.3 is 11.1 Å². The van der Waals surface area contributed by atoms with Gasteiger partial charge in [0.2, 0.25) is 5.91 Å². The fraction of sp³-hybridized carbons (Fsp3) is 0.923. The van der Waals surface area contributed by atoms with Gasteiger partial charge in [-0.3, -0.25) is 4.79 Å². The zero-order valence-electron chi connectivity index (χ0n) is 11.2. The van der Waals surface area contributed by atoms with Crippen molar-refractivity contribution in [2.45, 2.75) is 52.5 Å². The van der Waals surface area contributed by atoms with Crippen molar-refractivity contribution in [2.75, 3.05) is 6.54 Å². The van der Waals surface area contributed by atoms with Crippen molar-refractivity contribution in [1.82, 2.24) is 5.32 Å². The van der Waals surface area contributed by atoms with E-state index < -0.39 is 0 Å². The summed E-state index contributed by atoms with van der Waals surface area (Å²) in [4.78, 5) is 11.8. The molecule has 1 amide bonds. The molecule has 3 atom stereocenters. The molecule has 1 rings (SSSR count). The van der Waals surface area contributed by atoms with E-state index >= 15 is 0 Å². The van der Waals surface area contributed by atoms with Crippen molar-refractivity contribution in [3.05, 3.63) is 0 Å². The Hall–Kier alpha value is -0.280. The van der Waals surface area contributed by atoms with Gasteiger partial charge in [-0.25, -0.2) is 0 Å². The zero-order valence-corrected chi connectivity index (χ0v) is 12.1. The number of carbonyl (C=O) groups excluding carboxylic acids is 1. The molecule has 3 N–H and O–H groups in total. The second kappa shape index (κ2) is 7.93. The van der Waals surface area contributed by atoms with Crippen LogP contribution in [0.5, 0.6) is 0 Å². The zero-order chi connectivity index (χ0) is 12.1. The lowest BCUT2D eigenvalue weighted by Gasteiger charge is -2.35. The summed E-state index contributed by atoms with van der Waals surface area (Å²) < 4.78 is 0. The number of hydrogen-bond acceptors (Lipinski definition) is 2. The molecule has 0 spiro atoms. The highest BCUT2D eigenvalue weighted by molar-refractivity contribution is 5.85. The highest BCUT2D eigenvalue weighted by atomic mass is 35.5. The summed E-state index contributed by atoms with van der Waals surface area (Å²) in [6.45, 7) is 6.83. The van der Waals surface area contributed by atoms with E-state index in [1.807, 2.05) is 6.92 Å². The summed E-state index contributed by atoms with van der Waals surface area (Å²) in [5, 5.41) is 3.18. The molecule has 1 fully saturated rings. The van der Waals surface area contributed by atoms with Gasteiger partial charge in [-0.15, -0.1) is 12.4 Å². The van der Waals surface area contributed by atoms with Gasteiger partial charge in [0.05, 0.1) is 0 Å². The van der Waals surface area contributed by atoms with Crippen LogP contribution in [0, 0.1) is 17.8 Å². The third-order valence-corrected chi connectivity index (χ3v) is 3.80. The van der Waals surface area contributed by atoms with Gasteiger partial charge in [0.1, 0.15) is 0 Å². The highest BCUT2D eigenvalue weighted by Gasteiger charge is 2.29. The van der Waals surface area contributed by atoms with Gasteiger partial charge in [0, 0.05) is 18.5 Å². The number of nitrogens with one attached hydrogen (secondary N) is 1. The minimum Gasteiger partial charge on any atom is -0.353 e. The van der Waals surface area contributed by atoms with Crippen LogP contribution in [-0.2, 0) is 4.79 Å². The van der Waals surface area contributed by atoms with Crippen LogP contribution in [0.15, 0.2) is 0 Å². The molecule has 0 aliphatic heterocycles. The van der Waals surface area contributed by atoms with E-state index in [1.165, 1.54) is 19.3 Å². The standard InChI is InChI=1S/C13H26N2O.ClH/c1-9(2)11-6-4-5-7-12(11)15-13(16)10(3)8-14;/h9-12H,4-8,14H2,1-3H3,(H,15,16);1H. The van der Waals surface area contributed by atoms with Crippen LogP contribution < -0.4 is 11.1 Å². The fourth-order valence-corrected chi connectivity index (χ4v) is 2.57. The average molecular weight is 263 g/mol. The maximum atomic E-state index is 11.8. The monoisotopic (exact) mass is 262 g/mol. The van der Waals surface area contributed by atoms with Gasteiger partial charge in [0.25, 0.3) is 0 Å². The van der Waals surface area contributed by atoms with Gasteiger partial charge in [-0.05, 0) is 24.7 Å². The number of rotatable bonds is 4. The van der Waals surface area contributed by atoms with Crippen LogP contribution >= 0.6 is 12.4 Å². The SMILES string of the molecule is CC(CN)C(=O)NC1CCCCC1C(C)C.Cl. The first-order valence-electron chi connectivity index (χ1n) is 6.56. The third kappa shape index (κ3) is 4.84. The quantitative estimate of drug-likeness (QED) is 0.817. The highest BCUT2D eigenvalue weighted by Crippen LogP contribution is 2.30. The summed E-state index contributed by atoms with van der Waals surface area (Å²) in [5.41, 5.74) is 5.51. The van der Waals surface area contributed by atoms with E-state index in [-0.39, 0.29) is 24.2 Å². The number of amides is 1. The van der Waals surface area contributed by atoms with E-state index in [0.717, 1.165) is 6.42 Å². The Labute approximate surface area is 111 Å². The first kappa shape index (κ1) is 16.7. The lowest BCUT2D eigenvalue weighted by Crippen LogP contribution is -2.46. The van der Waals surface area contributed by atoms with Crippen LogP contribution in [0.2, 0.25) is 0 Å². The molecule has 0 aromatic carbocycles. The molecule has 102 valence electrons. The fourth-order valence-electron chi connectivity index (χ4n) is 2.57. The van der Waals surface area contributed by atoms with Gasteiger partial charge in [0.15, 0.2) is 0 Å². The lowest BCUT2D eigenvalue weighted by molar-refractivity contribution is -0.125. The molecule has 4 heteroatoms. The molecule has 3 unspecified atom stereocenters. The molecule has 1 aliphatic carbocycles. The third-order valence-electron chi connectivity index (χ3n) is 3.80. The number of hydrogen-bond donors (Lipinski definition) is 2. The van der Waals surface area contributed by atoms with E-state index in [0.29, 0.717) is 24.4 Å². The Morgan fingerprint density at radius 3 is 2.41 bits per heavy atom. The van der Waals surface area contributed by atoms with Crippen LogP contribution in [0.3, 0.4) is 0 Å². The Morgan fingerprint density at radius 1 is 1.29 bits per heavy atom. The maximum absolute atomic E-state index is 11.8. The minimum atomic E-state index is -0.0604. The number of carbonyl (C=O) groups is 1. The molecule has 1 aliphatic rings. The maximum Gasteiger partial charge on any atom is 0.224 e. The topological polar surface area (TPSA) is 55.1 Å². The molecular formula is C13H27ClN2O. The van der Waals surface area contributed by atoms with Crippen molar-refractivity contribution in [3.8, 4) is 0 Å². The van der Waals surface area contributed by atoms with E-state index in [9.17, 15) is 4.79 Å². The van der Waals surface area contributed by atoms with Crippen LogP contribution in [-0.4, -0.2) is 18.5 Å². The Balaban J connectivity index is 0.00000256. The smallest absolute Gasteiger partial charge is 0.224 e. The van der Waals surface area contributed by atoms with Gasteiger partial charge in [-0.2, -0.15) is 0 Å². The first-order valence-corrected chi connectivity index (χ1v) is 6.56. The van der Waals surface area contributed by atoms with Crippen LogP contribution in [0.1, 0.15) is 46.5 Å². The molecule has 0 saturated heterocycles. The summed E-state index contributed by atoms with van der Waals surface area (Å²) in [6, 6.07) is 0.371. The van der Waals surface area contributed by atoms with Crippen LogP contribution in [0.25, 0.3) is 0 Å².